The monoisotopic (exact) mass is 486 g/mol. The van der Waals surface area contributed by atoms with E-state index >= 15 is 0 Å². The molecule has 1 N–H and O–H groups in total. The fraction of sp³-hybridized carbons (Fsp3) is 0.0870. The van der Waals surface area contributed by atoms with E-state index in [9.17, 15) is 4.79 Å². The highest BCUT2D eigenvalue weighted by atomic mass is 35.5. The lowest BCUT2D eigenvalue weighted by molar-refractivity contribution is -0.111. The van der Waals surface area contributed by atoms with Gasteiger partial charge in [-0.05, 0) is 61.0 Å². The number of methoxy groups -OCH3 is 1. The maximum atomic E-state index is 12.4. The van der Waals surface area contributed by atoms with Gasteiger partial charge >= 0.3 is 0 Å². The molecule has 32 heavy (non-hydrogen) atoms. The van der Waals surface area contributed by atoms with Crippen molar-refractivity contribution in [2.24, 2.45) is 0 Å². The topological polar surface area (TPSA) is 69.0 Å². The average Bonchev–Trinajstić information content (AvgIpc) is 3.17. The van der Waals surface area contributed by atoms with E-state index in [0.29, 0.717) is 43.1 Å². The molecule has 0 radical (unpaired) electrons. The molecule has 162 valence electrons. The van der Waals surface area contributed by atoms with Gasteiger partial charge < -0.3 is 10.1 Å². The number of nitrogens with zero attached hydrogens (tertiary/aromatic N) is 3. The summed E-state index contributed by atoms with van der Waals surface area (Å²) >= 11 is 18.4. The van der Waals surface area contributed by atoms with Crippen molar-refractivity contribution in [3.05, 3.63) is 80.8 Å². The van der Waals surface area contributed by atoms with Crippen LogP contribution in [0.15, 0.2) is 54.6 Å². The molecule has 9 heteroatoms. The van der Waals surface area contributed by atoms with Crippen LogP contribution in [-0.2, 0) is 4.79 Å². The number of hydrogen-bond acceptors (Lipinski definition) is 4. The van der Waals surface area contributed by atoms with Crippen LogP contribution in [-0.4, -0.2) is 28.0 Å². The highest BCUT2D eigenvalue weighted by Gasteiger charge is 2.10. The first-order chi connectivity index (χ1) is 15.3. The first-order valence-corrected chi connectivity index (χ1v) is 10.6. The molecular weight excluding hydrogens is 471 g/mol. The molecule has 0 atom stereocenters. The highest BCUT2D eigenvalue weighted by Crippen LogP contribution is 2.33. The molecule has 6 nitrogen and oxygen atoms in total. The molecule has 0 aliphatic heterocycles. The molecule has 0 unspecified atom stereocenters. The number of carbonyl (C=O) groups is 1. The minimum Gasteiger partial charge on any atom is -0.495 e. The number of amides is 1. The van der Waals surface area contributed by atoms with Gasteiger partial charge in [0.1, 0.15) is 16.8 Å². The van der Waals surface area contributed by atoms with Crippen LogP contribution in [0.4, 0.5) is 5.69 Å². The predicted molar refractivity (Wildman–Crippen MR) is 129 cm³/mol. The predicted octanol–water partition coefficient (Wildman–Crippen LogP) is 6.35. The third kappa shape index (κ3) is 4.72. The zero-order valence-electron chi connectivity index (χ0n) is 17.1. The van der Waals surface area contributed by atoms with Crippen molar-refractivity contribution in [3.63, 3.8) is 0 Å². The summed E-state index contributed by atoms with van der Waals surface area (Å²) in [6.07, 6.45) is 2.96. The number of carbonyl (C=O) groups excluding carboxylic acids is 1. The summed E-state index contributed by atoms with van der Waals surface area (Å²) in [7, 11) is 1.50. The number of hydrogen-bond donors (Lipinski definition) is 1. The number of fused-ring (bicyclic) bond motifs is 1. The molecule has 0 aliphatic carbocycles. The number of aryl methyl sites for hydroxylation is 1. The molecule has 3 aromatic carbocycles. The summed E-state index contributed by atoms with van der Waals surface area (Å²) in [5.41, 5.74) is 4.22. The Hall–Kier alpha value is -3.06. The second-order valence-corrected chi connectivity index (χ2v) is 8.21. The van der Waals surface area contributed by atoms with Crippen LogP contribution < -0.4 is 10.1 Å². The number of aromatic nitrogens is 3. The van der Waals surface area contributed by atoms with Crippen LogP contribution in [0.2, 0.25) is 15.1 Å². The zero-order chi connectivity index (χ0) is 22.8. The van der Waals surface area contributed by atoms with Crippen LogP contribution in [0.3, 0.4) is 0 Å². The van der Waals surface area contributed by atoms with E-state index in [1.54, 1.807) is 42.5 Å². The van der Waals surface area contributed by atoms with Crippen molar-refractivity contribution in [2.75, 3.05) is 12.4 Å². The van der Waals surface area contributed by atoms with E-state index in [2.05, 4.69) is 15.5 Å². The first-order valence-electron chi connectivity index (χ1n) is 9.50. The Morgan fingerprint density at radius 2 is 1.78 bits per heavy atom. The Morgan fingerprint density at radius 3 is 2.53 bits per heavy atom. The smallest absolute Gasteiger partial charge is 0.248 e. The molecule has 1 heterocycles. The molecular formula is C23H17Cl3N4O2. The van der Waals surface area contributed by atoms with Crippen molar-refractivity contribution in [1.29, 1.82) is 0 Å². The lowest BCUT2D eigenvalue weighted by Gasteiger charge is -2.08. The fourth-order valence-corrected chi connectivity index (χ4v) is 3.84. The highest BCUT2D eigenvalue weighted by molar-refractivity contribution is 6.36. The van der Waals surface area contributed by atoms with E-state index in [1.165, 1.54) is 18.0 Å². The van der Waals surface area contributed by atoms with Gasteiger partial charge in [0.15, 0.2) is 0 Å². The van der Waals surface area contributed by atoms with Gasteiger partial charge in [-0.3, -0.25) is 4.79 Å². The van der Waals surface area contributed by atoms with Gasteiger partial charge in [0.2, 0.25) is 5.91 Å². The lowest BCUT2D eigenvalue weighted by Crippen LogP contribution is -2.07. The quantitative estimate of drug-likeness (QED) is 0.333. The summed E-state index contributed by atoms with van der Waals surface area (Å²) < 4.78 is 5.28. The molecule has 4 aromatic rings. The normalized spacial score (nSPS) is 11.3. The Balaban J connectivity index is 1.54. The largest absolute Gasteiger partial charge is 0.495 e. The van der Waals surface area contributed by atoms with Gasteiger partial charge in [0, 0.05) is 27.4 Å². The van der Waals surface area contributed by atoms with Crippen LogP contribution >= 0.6 is 34.8 Å². The van der Waals surface area contributed by atoms with Gasteiger partial charge in [-0.1, -0.05) is 40.9 Å². The van der Waals surface area contributed by atoms with Crippen molar-refractivity contribution < 1.29 is 9.53 Å². The minimum absolute atomic E-state index is 0.333. The summed E-state index contributed by atoms with van der Waals surface area (Å²) in [5.74, 6) is 0.106. The number of anilines is 1. The van der Waals surface area contributed by atoms with E-state index in [0.717, 1.165) is 11.3 Å². The van der Waals surface area contributed by atoms with Crippen LogP contribution in [0.1, 0.15) is 11.1 Å². The maximum Gasteiger partial charge on any atom is 0.248 e. The number of rotatable bonds is 5. The van der Waals surface area contributed by atoms with Gasteiger partial charge in [-0.2, -0.15) is 4.80 Å². The molecule has 1 aromatic heterocycles. The number of halogens is 3. The molecule has 0 saturated heterocycles. The van der Waals surface area contributed by atoms with E-state index in [4.69, 9.17) is 39.5 Å². The van der Waals surface area contributed by atoms with E-state index in [1.807, 2.05) is 19.1 Å². The minimum atomic E-state index is -0.333. The summed E-state index contributed by atoms with van der Waals surface area (Å²) in [6, 6.07) is 14.1. The number of nitrogens with one attached hydrogen (secondary N) is 1. The standard InChI is InChI=1S/C23H17Cl3N4O2/c1-13-3-6-17(12-18(13)25)30-28-20-7-5-16(11-21(20)29-30)27-22(31)8-4-14-9-15(24)10-19(26)23(14)32-2/h3-12H,1-2H3,(H,27,31)/b8-4+. The van der Waals surface area contributed by atoms with Gasteiger partial charge in [0.05, 0.1) is 17.8 Å². The Labute approximate surface area is 199 Å². The summed E-state index contributed by atoms with van der Waals surface area (Å²) in [4.78, 5) is 13.9. The van der Waals surface area contributed by atoms with Gasteiger partial charge in [-0.25, -0.2) is 0 Å². The Kier molecular flexibility index (Phi) is 6.37. The Morgan fingerprint density at radius 1 is 1.00 bits per heavy atom. The molecule has 0 saturated carbocycles. The third-order valence-electron chi connectivity index (χ3n) is 4.69. The lowest BCUT2D eigenvalue weighted by atomic mass is 10.2. The fourth-order valence-electron chi connectivity index (χ4n) is 3.08. The zero-order valence-corrected chi connectivity index (χ0v) is 19.3. The van der Waals surface area contributed by atoms with Crippen molar-refractivity contribution in [2.45, 2.75) is 6.92 Å². The maximum absolute atomic E-state index is 12.4. The summed E-state index contributed by atoms with van der Waals surface area (Å²) in [5, 5.41) is 13.2. The molecule has 0 bridgehead atoms. The number of ether oxygens (including phenoxy) is 1. The molecule has 1 amide bonds. The second-order valence-electron chi connectivity index (χ2n) is 6.96. The van der Waals surface area contributed by atoms with Crippen LogP contribution in [0.25, 0.3) is 22.8 Å². The molecule has 4 rings (SSSR count). The number of benzene rings is 3. The van der Waals surface area contributed by atoms with Gasteiger partial charge in [-0.15, -0.1) is 10.2 Å². The van der Waals surface area contributed by atoms with Crippen molar-refractivity contribution in [3.8, 4) is 11.4 Å². The third-order valence-corrected chi connectivity index (χ3v) is 5.60. The van der Waals surface area contributed by atoms with Crippen molar-refractivity contribution >= 4 is 63.5 Å². The SMILES string of the molecule is COc1c(Cl)cc(Cl)cc1/C=C/C(=O)Nc1ccc2nn(-c3ccc(C)c(Cl)c3)nc2c1. The first kappa shape index (κ1) is 22.1. The van der Waals surface area contributed by atoms with Gasteiger partial charge in [0.25, 0.3) is 0 Å². The van der Waals surface area contributed by atoms with Crippen molar-refractivity contribution in [1.82, 2.24) is 15.0 Å². The van der Waals surface area contributed by atoms with Crippen LogP contribution in [0, 0.1) is 6.92 Å². The Bertz CT molecular complexity index is 1370. The van der Waals surface area contributed by atoms with E-state index < -0.39 is 0 Å². The molecule has 0 spiro atoms. The van der Waals surface area contributed by atoms with E-state index in [-0.39, 0.29) is 5.91 Å². The second kappa shape index (κ2) is 9.20. The van der Waals surface area contributed by atoms with Crippen LogP contribution in [0.5, 0.6) is 5.75 Å². The summed E-state index contributed by atoms with van der Waals surface area (Å²) in [6.45, 7) is 1.93. The molecule has 0 fully saturated rings. The average molecular weight is 488 g/mol. The molecule has 0 aliphatic rings.